The van der Waals surface area contributed by atoms with Crippen molar-refractivity contribution in [2.75, 3.05) is 36.2 Å². The number of primary amides is 2. The summed E-state index contributed by atoms with van der Waals surface area (Å²) in [6, 6.07) is 12.4. The number of nitrogens with zero attached hydrogens (tertiary/aromatic N) is 7. The number of carbonyl (C=O) groups excluding carboxylic acids is 4. The Bertz CT molecular complexity index is 2830. The lowest BCUT2D eigenvalue weighted by Gasteiger charge is -2.19. The lowest BCUT2D eigenvalue weighted by molar-refractivity contribution is -0.384. The number of nitro benzene ring substituents is 1. The molecule has 0 saturated carbocycles. The number of aryl methyl sites for hydroxylation is 2. The minimum Gasteiger partial charge on any atom is -0.494 e. The normalized spacial score (nSPS) is 11.7. The summed E-state index contributed by atoms with van der Waals surface area (Å²) < 4.78 is 21.9. The predicted molar refractivity (Wildman–Crippen MR) is 239 cm³/mol. The van der Waals surface area contributed by atoms with E-state index in [1.807, 2.05) is 13.0 Å². The Kier molecular flexibility index (Phi) is 13.6. The lowest BCUT2D eigenvalue weighted by atomic mass is 10.1. The van der Waals surface area contributed by atoms with Crippen LogP contribution in [-0.4, -0.2) is 83.7 Å². The molecule has 0 unspecified atom stereocenters. The fraction of sp³-hybridized carbons (Fsp3) is 0.279. The molecule has 3 aromatic carbocycles. The van der Waals surface area contributed by atoms with E-state index in [9.17, 15) is 29.3 Å². The van der Waals surface area contributed by atoms with Gasteiger partial charge in [-0.1, -0.05) is 18.2 Å². The molecular weight excluding hydrogens is 829 g/mol. The Hall–Kier alpha value is -8.23. The number of fused-ring (bicyclic) bond motifs is 2. The third-order valence-corrected chi connectivity index (χ3v) is 9.45. The van der Waals surface area contributed by atoms with E-state index in [0.717, 1.165) is 17.0 Å². The topological polar surface area (TPSA) is 281 Å². The summed E-state index contributed by atoms with van der Waals surface area (Å²) >= 11 is 0. The molecule has 0 aliphatic carbocycles. The zero-order valence-corrected chi connectivity index (χ0v) is 36.0. The van der Waals surface area contributed by atoms with Crippen LogP contribution in [0.25, 0.3) is 21.9 Å². The van der Waals surface area contributed by atoms with Gasteiger partial charge in [-0.3, -0.25) is 44.5 Å². The largest absolute Gasteiger partial charge is 0.494 e. The number of amides is 4. The number of anilines is 3. The summed E-state index contributed by atoms with van der Waals surface area (Å²) in [5.74, 6) is -1.61. The van der Waals surface area contributed by atoms with E-state index >= 15 is 0 Å². The zero-order chi connectivity index (χ0) is 46.3. The highest BCUT2D eigenvalue weighted by atomic mass is 16.6. The van der Waals surface area contributed by atoms with Crippen molar-refractivity contribution >= 4 is 68.8 Å². The van der Waals surface area contributed by atoms with Gasteiger partial charge in [-0.05, 0) is 83.2 Å². The van der Waals surface area contributed by atoms with Crippen LogP contribution in [0.15, 0.2) is 79.0 Å². The average molecular weight is 877 g/mol. The molecule has 0 bridgehead atoms. The molecule has 0 saturated heterocycles. The standard InChI is InChI=1S/C43H48N12O9/c1-7-53-33(18-25(2)51-53)40(58)50-41-49-30-20-26(38(44)56)23-35(62-6)37(30)52(41)15-9-8-14-46-36-32(55(60)61)21-27(39(45)57)22-34(36)63-17-11-10-16-54-31-13-12-29(19-28(31)24-47-54)48-42(59)64-43(3,4)5/h8-13,18-24,46H,7,14-17H2,1-6H3,(H2,44,56)(H2,45,57)(H,48,59)(H,49,50,58)/b9-8+,11-10+. The van der Waals surface area contributed by atoms with Crippen molar-refractivity contribution in [3.8, 4) is 11.5 Å². The number of aromatic nitrogens is 6. The monoisotopic (exact) mass is 876 g/mol. The highest BCUT2D eigenvalue weighted by Crippen LogP contribution is 2.36. The van der Waals surface area contributed by atoms with Crippen LogP contribution >= 0.6 is 0 Å². The molecule has 3 aromatic heterocycles. The number of hydrogen-bond donors (Lipinski definition) is 5. The van der Waals surface area contributed by atoms with Crippen molar-refractivity contribution < 1.29 is 38.3 Å². The summed E-state index contributed by atoms with van der Waals surface area (Å²) in [7, 11) is 1.43. The number of allylic oxidation sites excluding steroid dienone is 2. The van der Waals surface area contributed by atoms with Crippen molar-refractivity contribution in [3.05, 3.63) is 112 Å². The Morgan fingerprint density at radius 3 is 2.31 bits per heavy atom. The molecule has 0 aliphatic heterocycles. The van der Waals surface area contributed by atoms with Crippen LogP contribution in [0.2, 0.25) is 0 Å². The molecule has 7 N–H and O–H groups in total. The number of rotatable bonds is 18. The smallest absolute Gasteiger partial charge is 0.412 e. The number of hydrogen-bond acceptors (Lipinski definition) is 13. The molecular formula is C43H48N12O9. The van der Waals surface area contributed by atoms with E-state index in [2.05, 4.69) is 31.1 Å². The SMILES string of the molecule is CCn1nc(C)cc1C(=O)Nc1nc2cc(C(N)=O)cc(OC)c2n1C/C=C/CNc1c(OC/C=C/Cn2ncc3cc(NC(=O)OC(C)(C)C)ccc32)cc(C(N)=O)cc1[N+](=O)[O-]. The highest BCUT2D eigenvalue weighted by molar-refractivity contribution is 6.04. The van der Waals surface area contributed by atoms with Gasteiger partial charge in [0, 0.05) is 47.9 Å². The molecule has 0 fully saturated rings. The summed E-state index contributed by atoms with van der Waals surface area (Å²) in [6.07, 6.45) is 8.01. The molecule has 0 spiro atoms. The molecule has 3 heterocycles. The molecule has 6 aromatic rings. The number of nitrogens with two attached hydrogens (primary N) is 2. The number of carbonyl (C=O) groups is 4. The van der Waals surface area contributed by atoms with Gasteiger partial charge in [-0.15, -0.1) is 0 Å². The Balaban J connectivity index is 1.18. The summed E-state index contributed by atoms with van der Waals surface area (Å²) in [5, 5.41) is 30.4. The van der Waals surface area contributed by atoms with Gasteiger partial charge in [0.25, 0.3) is 11.6 Å². The van der Waals surface area contributed by atoms with Gasteiger partial charge in [0.1, 0.15) is 29.2 Å². The summed E-state index contributed by atoms with van der Waals surface area (Å²) in [6.45, 7) is 9.92. The molecule has 0 atom stereocenters. The van der Waals surface area contributed by atoms with Crippen LogP contribution in [0, 0.1) is 17.0 Å². The van der Waals surface area contributed by atoms with E-state index in [-0.39, 0.29) is 54.0 Å². The molecule has 0 radical (unpaired) electrons. The van der Waals surface area contributed by atoms with Crippen LogP contribution in [-0.2, 0) is 24.4 Å². The number of imidazole rings is 1. The van der Waals surface area contributed by atoms with E-state index in [4.69, 9.17) is 25.7 Å². The van der Waals surface area contributed by atoms with Crippen molar-refractivity contribution in [3.63, 3.8) is 0 Å². The van der Waals surface area contributed by atoms with E-state index in [1.165, 1.54) is 25.3 Å². The van der Waals surface area contributed by atoms with Gasteiger partial charge in [0.15, 0.2) is 11.4 Å². The van der Waals surface area contributed by atoms with Crippen molar-refractivity contribution in [2.24, 2.45) is 11.5 Å². The second-order valence-electron chi connectivity index (χ2n) is 15.2. The molecule has 64 heavy (non-hydrogen) atoms. The maximum atomic E-state index is 13.5. The highest BCUT2D eigenvalue weighted by Gasteiger charge is 2.24. The molecule has 21 heteroatoms. The number of methoxy groups -OCH3 is 1. The Morgan fingerprint density at radius 2 is 1.62 bits per heavy atom. The van der Waals surface area contributed by atoms with Gasteiger partial charge in [0.05, 0.1) is 41.5 Å². The first kappa shape index (κ1) is 45.3. The van der Waals surface area contributed by atoms with Crippen LogP contribution in [0.1, 0.15) is 64.6 Å². The first-order chi connectivity index (χ1) is 30.5. The van der Waals surface area contributed by atoms with E-state index < -0.39 is 40.0 Å². The summed E-state index contributed by atoms with van der Waals surface area (Å²) in [5.41, 5.74) is 13.2. The fourth-order valence-corrected chi connectivity index (χ4v) is 6.65. The van der Waals surface area contributed by atoms with Gasteiger partial charge >= 0.3 is 6.09 Å². The molecule has 21 nitrogen and oxygen atoms in total. The van der Waals surface area contributed by atoms with Gasteiger partial charge in [-0.2, -0.15) is 10.2 Å². The lowest BCUT2D eigenvalue weighted by Crippen LogP contribution is -2.27. The van der Waals surface area contributed by atoms with Crippen molar-refractivity contribution in [1.82, 2.24) is 29.1 Å². The molecule has 4 amide bonds. The maximum absolute atomic E-state index is 13.5. The van der Waals surface area contributed by atoms with Crippen LogP contribution in [0.4, 0.5) is 27.8 Å². The van der Waals surface area contributed by atoms with Crippen LogP contribution in [0.5, 0.6) is 11.5 Å². The van der Waals surface area contributed by atoms with Crippen molar-refractivity contribution in [1.29, 1.82) is 0 Å². The van der Waals surface area contributed by atoms with Gasteiger partial charge in [-0.25, -0.2) is 9.78 Å². The van der Waals surface area contributed by atoms with Crippen LogP contribution in [0.3, 0.4) is 0 Å². The number of nitrogens with one attached hydrogen (secondary N) is 3. The molecule has 334 valence electrons. The first-order valence-corrected chi connectivity index (χ1v) is 19.9. The second-order valence-corrected chi connectivity index (χ2v) is 15.2. The zero-order valence-electron chi connectivity index (χ0n) is 36.0. The van der Waals surface area contributed by atoms with Gasteiger partial charge in [0.2, 0.25) is 17.8 Å². The van der Waals surface area contributed by atoms with Gasteiger partial charge < -0.3 is 35.6 Å². The Labute approximate surface area is 366 Å². The average Bonchev–Trinajstić information content (AvgIpc) is 3.93. The van der Waals surface area contributed by atoms with E-state index in [0.29, 0.717) is 41.2 Å². The maximum Gasteiger partial charge on any atom is 0.412 e. The molecule has 6 rings (SSSR count). The third-order valence-electron chi connectivity index (χ3n) is 9.45. The first-order valence-electron chi connectivity index (χ1n) is 19.9. The van der Waals surface area contributed by atoms with E-state index in [1.54, 1.807) is 90.3 Å². The minimum atomic E-state index is -0.881. The van der Waals surface area contributed by atoms with Crippen LogP contribution < -0.4 is 36.9 Å². The number of ether oxygens (including phenoxy) is 3. The third kappa shape index (κ3) is 10.6. The van der Waals surface area contributed by atoms with Crippen molar-refractivity contribution in [2.45, 2.75) is 59.9 Å². The minimum absolute atomic E-state index is 0.00595. The number of nitro groups is 1. The molecule has 0 aliphatic rings. The fourth-order valence-electron chi connectivity index (χ4n) is 6.65. The second kappa shape index (κ2) is 19.2. The quantitative estimate of drug-likeness (QED) is 0.0381. The Morgan fingerprint density at radius 1 is 0.906 bits per heavy atom. The number of benzene rings is 3. The predicted octanol–water partition coefficient (Wildman–Crippen LogP) is 5.93. The summed E-state index contributed by atoms with van der Waals surface area (Å²) in [4.78, 5) is 66.2.